The number of carbonyl (C=O) groups excluding carboxylic acids is 1. The van der Waals surface area contributed by atoms with Gasteiger partial charge in [-0.2, -0.15) is 0 Å². The van der Waals surface area contributed by atoms with Crippen LogP contribution in [-0.2, 0) is 9.53 Å². The van der Waals surface area contributed by atoms with Crippen molar-refractivity contribution in [2.24, 2.45) is 0 Å². The second-order valence-electron chi connectivity index (χ2n) is 6.11. The maximum absolute atomic E-state index is 11.4. The highest BCUT2D eigenvalue weighted by atomic mass is 35.5. The Hall–Kier alpha value is -2.56. The number of fused-ring (bicyclic) bond motifs is 2. The van der Waals surface area contributed by atoms with Gasteiger partial charge in [0.15, 0.2) is 0 Å². The first-order chi connectivity index (χ1) is 12.5. The molecule has 5 heteroatoms. The predicted molar refractivity (Wildman–Crippen MR) is 104 cm³/mol. The molecule has 0 bridgehead atoms. The minimum atomic E-state index is -0.952. The van der Waals surface area contributed by atoms with Gasteiger partial charge in [0.2, 0.25) is 0 Å². The molecule has 1 unspecified atom stereocenters. The number of hydrogen-bond acceptors (Lipinski definition) is 4. The lowest BCUT2D eigenvalue weighted by molar-refractivity contribution is -0.142. The average molecular weight is 371 g/mol. The van der Waals surface area contributed by atoms with Gasteiger partial charge in [-0.25, -0.2) is 4.79 Å². The Labute approximate surface area is 156 Å². The average Bonchev–Trinajstić information content (AvgIpc) is 2.63. The number of ether oxygens (including phenoxy) is 2. The summed E-state index contributed by atoms with van der Waals surface area (Å²) < 4.78 is 10.9. The van der Waals surface area contributed by atoms with Crippen LogP contribution in [0.25, 0.3) is 21.5 Å². The summed E-state index contributed by atoms with van der Waals surface area (Å²) in [5, 5.41) is 14.4. The van der Waals surface area contributed by atoms with Crippen molar-refractivity contribution in [1.82, 2.24) is 0 Å². The van der Waals surface area contributed by atoms with Crippen molar-refractivity contribution < 1.29 is 19.4 Å². The van der Waals surface area contributed by atoms with E-state index < -0.39 is 12.1 Å². The number of aliphatic hydroxyl groups is 1. The molecule has 26 heavy (non-hydrogen) atoms. The number of hydrogen-bond donors (Lipinski definition) is 1. The summed E-state index contributed by atoms with van der Waals surface area (Å²) in [6.45, 7) is 4.88. The summed E-state index contributed by atoms with van der Waals surface area (Å²) in [6.07, 6.45) is -0.952. The second-order valence-corrected chi connectivity index (χ2v) is 6.51. The third-order valence-corrected chi connectivity index (χ3v) is 4.31. The third kappa shape index (κ3) is 3.82. The van der Waals surface area contributed by atoms with E-state index in [1.807, 2.05) is 48.5 Å². The van der Waals surface area contributed by atoms with Gasteiger partial charge in [0.25, 0.3) is 0 Å². The first-order valence-corrected chi connectivity index (χ1v) is 8.58. The number of benzene rings is 3. The van der Waals surface area contributed by atoms with Crippen LogP contribution in [0.1, 0.15) is 6.92 Å². The largest absolute Gasteiger partial charge is 0.489 e. The van der Waals surface area contributed by atoms with Crippen molar-refractivity contribution in [2.45, 2.75) is 13.0 Å². The molecule has 0 heterocycles. The van der Waals surface area contributed by atoms with Crippen LogP contribution in [0.5, 0.6) is 5.75 Å². The molecule has 0 radical (unpaired) electrons. The summed E-state index contributed by atoms with van der Waals surface area (Å²) >= 11 is 6.34. The Morgan fingerprint density at radius 3 is 2.62 bits per heavy atom. The van der Waals surface area contributed by atoms with E-state index in [4.69, 9.17) is 21.1 Å². The fraction of sp³-hybridized carbons (Fsp3) is 0.190. The molecule has 0 aromatic heterocycles. The van der Waals surface area contributed by atoms with Crippen molar-refractivity contribution >= 4 is 39.1 Å². The van der Waals surface area contributed by atoms with Crippen molar-refractivity contribution in [3.63, 3.8) is 0 Å². The van der Waals surface area contributed by atoms with Gasteiger partial charge in [0.05, 0.1) is 0 Å². The van der Waals surface area contributed by atoms with E-state index in [1.165, 1.54) is 0 Å². The summed E-state index contributed by atoms with van der Waals surface area (Å²) in [5.41, 5.74) is 0.285. The fourth-order valence-electron chi connectivity index (χ4n) is 2.69. The first-order valence-electron chi connectivity index (χ1n) is 8.21. The Bertz CT molecular complexity index is 980. The van der Waals surface area contributed by atoms with Gasteiger partial charge < -0.3 is 14.6 Å². The molecule has 3 aromatic carbocycles. The van der Waals surface area contributed by atoms with Gasteiger partial charge in [0.1, 0.15) is 25.1 Å². The highest BCUT2D eigenvalue weighted by molar-refractivity contribution is 6.36. The second kappa shape index (κ2) is 7.77. The van der Waals surface area contributed by atoms with E-state index in [-0.39, 0.29) is 18.8 Å². The lowest BCUT2D eigenvalue weighted by atomic mass is 10.0. The lowest BCUT2D eigenvalue weighted by Gasteiger charge is -2.16. The van der Waals surface area contributed by atoms with Crippen LogP contribution in [0, 0.1) is 0 Å². The molecule has 3 rings (SSSR count). The van der Waals surface area contributed by atoms with Gasteiger partial charge in [-0.05, 0) is 24.4 Å². The van der Waals surface area contributed by atoms with E-state index in [2.05, 4.69) is 6.58 Å². The Balaban J connectivity index is 1.87. The standard InChI is InChI=1S/C21H19ClO4/c1-13(2)21(24)26-12-15(23)11-25-20-16-7-4-3-6-14(16)10-18-17(20)8-5-9-19(18)22/h3-10,15,23H,1,11-12H2,2H3. The fourth-order valence-corrected chi connectivity index (χ4v) is 2.92. The molecule has 134 valence electrons. The zero-order chi connectivity index (χ0) is 18.7. The smallest absolute Gasteiger partial charge is 0.333 e. The van der Waals surface area contributed by atoms with E-state index in [1.54, 1.807) is 6.92 Å². The van der Waals surface area contributed by atoms with Gasteiger partial charge in [-0.3, -0.25) is 0 Å². The zero-order valence-corrected chi connectivity index (χ0v) is 15.1. The molecule has 4 nitrogen and oxygen atoms in total. The molecule has 0 aliphatic rings. The summed E-state index contributed by atoms with van der Waals surface area (Å²) in [5.74, 6) is 0.109. The molecule has 0 aliphatic heterocycles. The number of aliphatic hydroxyl groups excluding tert-OH is 1. The van der Waals surface area contributed by atoms with Crippen molar-refractivity contribution in [1.29, 1.82) is 0 Å². The quantitative estimate of drug-likeness (QED) is 0.394. The van der Waals surface area contributed by atoms with Crippen molar-refractivity contribution in [3.05, 3.63) is 65.7 Å². The molecule has 1 atom stereocenters. The molecule has 3 aromatic rings. The van der Waals surface area contributed by atoms with Crippen LogP contribution in [0.2, 0.25) is 5.02 Å². The van der Waals surface area contributed by atoms with E-state index in [9.17, 15) is 9.90 Å². The molecule has 0 saturated carbocycles. The maximum atomic E-state index is 11.4. The maximum Gasteiger partial charge on any atom is 0.333 e. The molecular formula is C21H19ClO4. The highest BCUT2D eigenvalue weighted by Gasteiger charge is 2.14. The van der Waals surface area contributed by atoms with E-state index in [0.29, 0.717) is 10.8 Å². The molecule has 0 aliphatic carbocycles. The zero-order valence-electron chi connectivity index (χ0n) is 14.4. The number of esters is 1. The van der Waals surface area contributed by atoms with Crippen molar-refractivity contribution in [2.75, 3.05) is 13.2 Å². The van der Waals surface area contributed by atoms with E-state index in [0.717, 1.165) is 21.5 Å². The first kappa shape index (κ1) is 18.2. The molecule has 0 amide bonds. The number of rotatable bonds is 6. The number of carbonyl (C=O) groups is 1. The van der Waals surface area contributed by atoms with Crippen LogP contribution in [0.15, 0.2) is 60.7 Å². The van der Waals surface area contributed by atoms with Gasteiger partial charge in [-0.15, -0.1) is 0 Å². The monoisotopic (exact) mass is 370 g/mol. The van der Waals surface area contributed by atoms with Crippen LogP contribution in [0.4, 0.5) is 0 Å². The summed E-state index contributed by atoms with van der Waals surface area (Å²) in [6, 6.07) is 15.4. The minimum Gasteiger partial charge on any atom is -0.489 e. The highest BCUT2D eigenvalue weighted by Crippen LogP contribution is 2.37. The SMILES string of the molecule is C=C(C)C(=O)OCC(O)COc1c2ccccc2cc2c(Cl)cccc12. The molecular weight excluding hydrogens is 352 g/mol. The van der Waals surface area contributed by atoms with Crippen LogP contribution >= 0.6 is 11.6 Å². The molecule has 0 spiro atoms. The molecule has 1 N–H and O–H groups in total. The van der Waals surface area contributed by atoms with Crippen LogP contribution in [-0.4, -0.2) is 30.4 Å². The summed E-state index contributed by atoms with van der Waals surface area (Å²) in [4.78, 5) is 11.4. The van der Waals surface area contributed by atoms with Crippen LogP contribution < -0.4 is 4.74 Å². The predicted octanol–water partition coefficient (Wildman–Crippen LogP) is 4.51. The lowest BCUT2D eigenvalue weighted by Crippen LogP contribution is -2.25. The van der Waals surface area contributed by atoms with Gasteiger partial charge >= 0.3 is 5.97 Å². The van der Waals surface area contributed by atoms with Crippen molar-refractivity contribution in [3.8, 4) is 5.75 Å². The number of halogens is 1. The molecule has 0 fully saturated rings. The van der Waals surface area contributed by atoms with Crippen LogP contribution in [0.3, 0.4) is 0 Å². The Kier molecular flexibility index (Phi) is 5.45. The van der Waals surface area contributed by atoms with Gasteiger partial charge in [-0.1, -0.05) is 54.6 Å². The molecule has 0 saturated heterocycles. The third-order valence-electron chi connectivity index (χ3n) is 3.98. The summed E-state index contributed by atoms with van der Waals surface area (Å²) in [7, 11) is 0. The van der Waals surface area contributed by atoms with Gasteiger partial charge in [0, 0.05) is 26.8 Å². The minimum absolute atomic E-state index is 0.0148. The Morgan fingerprint density at radius 2 is 1.85 bits per heavy atom. The normalized spacial score (nSPS) is 12.1. The topological polar surface area (TPSA) is 55.8 Å². The van der Waals surface area contributed by atoms with E-state index >= 15 is 0 Å². The Morgan fingerprint density at radius 1 is 1.12 bits per heavy atom.